The number of carbonyl (C=O) groups excluding carboxylic acids is 1. The monoisotopic (exact) mass is 729 g/mol. The largest absolute Gasteiger partial charge is 0.491 e. The third-order valence-corrected chi connectivity index (χ3v) is 7.28. The first-order valence-electron chi connectivity index (χ1n) is 14.4. The molecule has 2 aliphatic rings. The molecule has 2 aliphatic carbocycles. The van der Waals surface area contributed by atoms with E-state index in [2.05, 4.69) is 23.2 Å². The Morgan fingerprint density at radius 2 is 1.72 bits per heavy atom. The van der Waals surface area contributed by atoms with Crippen molar-refractivity contribution in [2.24, 2.45) is 5.92 Å². The molecule has 16 heteroatoms. The molecule has 274 valence electrons. The molecule has 1 N–H and O–H groups in total. The third-order valence-electron chi connectivity index (χ3n) is 7.28. The van der Waals surface area contributed by atoms with E-state index in [1.807, 2.05) is 0 Å². The average molecular weight is 730 g/mol. The van der Waals surface area contributed by atoms with Crippen molar-refractivity contribution in [2.75, 3.05) is 6.61 Å². The Morgan fingerprint density at radius 1 is 1.08 bits per heavy atom. The van der Waals surface area contributed by atoms with E-state index in [0.29, 0.717) is 17.7 Å². The van der Waals surface area contributed by atoms with Gasteiger partial charge in [-0.25, -0.2) is 17.6 Å². The maximum atomic E-state index is 14.9. The van der Waals surface area contributed by atoms with Gasteiger partial charge < -0.3 is 14.8 Å². The number of carbonyl (C=O) groups is 1. The van der Waals surface area contributed by atoms with Gasteiger partial charge in [0, 0.05) is 24.5 Å². The number of benzene rings is 1. The first kappa shape index (κ1) is 41.5. The first-order chi connectivity index (χ1) is 22.8. The number of halogens is 12. The predicted octanol–water partition coefficient (Wildman–Crippen LogP) is 9.84. The van der Waals surface area contributed by atoms with Gasteiger partial charge in [-0.05, 0) is 42.2 Å². The molecular weight excluding hydrogens is 698 g/mol. The van der Waals surface area contributed by atoms with Gasteiger partial charge in [0.15, 0.2) is 5.83 Å². The van der Waals surface area contributed by atoms with E-state index in [4.69, 9.17) is 4.74 Å². The van der Waals surface area contributed by atoms with Crippen LogP contribution in [0.4, 0.5) is 53.0 Å². The normalized spacial score (nSPS) is 19.3. The fraction of sp³-hybridized carbons (Fsp3) is 0.324. The molecule has 0 heterocycles. The summed E-state index contributed by atoms with van der Waals surface area (Å²) in [4.78, 5) is 13.5. The number of alkyl halides is 9. The first-order valence-corrected chi connectivity index (χ1v) is 14.4. The summed E-state index contributed by atoms with van der Waals surface area (Å²) < 4.78 is 156. The van der Waals surface area contributed by atoms with E-state index in [-0.39, 0.29) is 47.5 Å². The van der Waals surface area contributed by atoms with Crippen molar-refractivity contribution in [1.82, 2.24) is 5.32 Å². The van der Waals surface area contributed by atoms with Gasteiger partial charge in [-0.3, -0.25) is 9.50 Å². The van der Waals surface area contributed by atoms with Crippen molar-refractivity contribution in [2.45, 2.75) is 55.9 Å². The number of hydrogen-bond acceptors (Lipinski definition) is 3. The van der Waals surface area contributed by atoms with Gasteiger partial charge in [0.25, 0.3) is 5.92 Å². The molecule has 50 heavy (non-hydrogen) atoms. The fourth-order valence-corrected chi connectivity index (χ4v) is 4.42. The predicted molar refractivity (Wildman–Crippen MR) is 161 cm³/mol. The summed E-state index contributed by atoms with van der Waals surface area (Å²) in [5.74, 6) is -8.25. The highest BCUT2D eigenvalue weighted by Crippen LogP contribution is 2.49. The summed E-state index contributed by atoms with van der Waals surface area (Å²) in [5.41, 5.74) is -3.32. The Kier molecular flexibility index (Phi) is 14.0. The highest BCUT2D eigenvalue weighted by atomic mass is 19.4. The molecule has 1 amide bonds. The van der Waals surface area contributed by atoms with Crippen LogP contribution in [-0.2, 0) is 20.7 Å². The number of ether oxygens (including phenoxy) is 2. The summed E-state index contributed by atoms with van der Waals surface area (Å²) >= 11 is 0. The number of nitrogens with one attached hydrogen (secondary N) is 1. The summed E-state index contributed by atoms with van der Waals surface area (Å²) in [6.07, 6.45) is -9.78. The second kappa shape index (κ2) is 16.9. The van der Waals surface area contributed by atoms with E-state index < -0.39 is 78.0 Å². The van der Waals surface area contributed by atoms with E-state index in [0.717, 1.165) is 24.3 Å². The minimum absolute atomic E-state index is 0. The van der Waals surface area contributed by atoms with Crippen LogP contribution < -0.4 is 5.32 Å². The molecule has 1 unspecified atom stereocenters. The molecular formula is C34H31F12NO3. The van der Waals surface area contributed by atoms with Gasteiger partial charge >= 0.3 is 18.7 Å². The Balaban J connectivity index is 0.00000867. The van der Waals surface area contributed by atoms with Gasteiger partial charge in [0.05, 0.1) is 29.9 Å². The van der Waals surface area contributed by atoms with E-state index >= 15 is 0 Å². The molecule has 1 aromatic rings. The average Bonchev–Trinajstić information content (AvgIpc) is 3.65. The minimum atomic E-state index is -4.94. The van der Waals surface area contributed by atoms with Crippen LogP contribution >= 0.6 is 0 Å². The van der Waals surface area contributed by atoms with Gasteiger partial charge in [-0.2, -0.15) is 30.7 Å². The van der Waals surface area contributed by atoms with E-state index in [1.165, 1.54) is 0 Å². The van der Waals surface area contributed by atoms with Crippen LogP contribution in [-0.4, -0.2) is 42.7 Å². The highest BCUT2D eigenvalue weighted by Gasteiger charge is 2.57. The molecule has 0 saturated heterocycles. The lowest BCUT2D eigenvalue weighted by atomic mass is 9.82. The Labute approximate surface area is 279 Å². The molecule has 1 fully saturated rings. The number of hydrogen-bond donors (Lipinski definition) is 1. The van der Waals surface area contributed by atoms with Crippen LogP contribution in [0.2, 0.25) is 0 Å². The van der Waals surface area contributed by atoms with E-state index in [1.54, 1.807) is 30.3 Å². The van der Waals surface area contributed by atoms with Crippen LogP contribution in [0.5, 0.6) is 0 Å². The van der Waals surface area contributed by atoms with Crippen LogP contribution in [0.1, 0.15) is 24.8 Å². The zero-order valence-electron chi connectivity index (χ0n) is 25.9. The zero-order chi connectivity index (χ0) is 36.6. The minimum Gasteiger partial charge on any atom is -0.491 e. The van der Waals surface area contributed by atoms with Crippen molar-refractivity contribution in [3.05, 3.63) is 132 Å². The van der Waals surface area contributed by atoms with Crippen molar-refractivity contribution in [3.8, 4) is 0 Å². The van der Waals surface area contributed by atoms with Gasteiger partial charge in [0.1, 0.15) is 11.6 Å². The summed E-state index contributed by atoms with van der Waals surface area (Å²) in [7, 11) is 0. The van der Waals surface area contributed by atoms with Crippen LogP contribution in [0.25, 0.3) is 0 Å². The molecule has 4 nitrogen and oxygen atoms in total. The molecule has 0 bridgehead atoms. The molecule has 0 radical (unpaired) electrons. The molecule has 0 aromatic heterocycles. The lowest BCUT2D eigenvalue weighted by Gasteiger charge is -2.34. The molecule has 0 aliphatic heterocycles. The second-order valence-corrected chi connectivity index (χ2v) is 11.1. The second-order valence-electron chi connectivity index (χ2n) is 11.1. The smallest absolute Gasteiger partial charge is 0.460 e. The van der Waals surface area contributed by atoms with Crippen LogP contribution in [0.3, 0.4) is 0 Å². The number of rotatable bonds is 16. The lowest BCUT2D eigenvalue weighted by Crippen LogP contribution is -2.50. The van der Waals surface area contributed by atoms with Crippen LogP contribution in [0.15, 0.2) is 126 Å². The topological polar surface area (TPSA) is 47.6 Å². The molecule has 0 spiro atoms. The van der Waals surface area contributed by atoms with Gasteiger partial charge in [-0.1, -0.05) is 61.7 Å². The quantitative estimate of drug-likeness (QED) is 0.105. The van der Waals surface area contributed by atoms with Crippen molar-refractivity contribution >= 4 is 5.91 Å². The van der Waals surface area contributed by atoms with Crippen molar-refractivity contribution < 1.29 is 67.3 Å². The third kappa shape index (κ3) is 11.8. The number of allylic oxidation sites excluding steroid dienone is 8. The molecule has 2 atom stereocenters. The Morgan fingerprint density at radius 3 is 2.30 bits per heavy atom. The molecule has 1 aromatic carbocycles. The maximum Gasteiger partial charge on any atom is 0.460 e. The highest BCUT2D eigenvalue weighted by molar-refractivity contribution is 5.95. The summed E-state index contributed by atoms with van der Waals surface area (Å²) in [6, 6.07) is 7.93. The summed E-state index contributed by atoms with van der Waals surface area (Å²) in [5, 5.41) is 2.52. The lowest BCUT2D eigenvalue weighted by molar-refractivity contribution is -0.274. The number of amides is 1. The van der Waals surface area contributed by atoms with E-state index in [9.17, 15) is 53.1 Å². The summed E-state index contributed by atoms with van der Waals surface area (Å²) in [6.45, 7) is 6.56. The zero-order valence-corrected chi connectivity index (χ0v) is 25.9. The standard InChI is InChI=1S/C34H30F11NO3.FH/c1-21(16-27(35)13-15-49-34(44,45)30(37)38)31(18-23-8-4-3-5-9-23,46-29(47)24-10-6-11-25(17-24)33(41,42)43)14-7-12-28(36)22(2)48-20-26-19-32(26,39)40;/h3-5,7-9,11-17,26,30H,1-2,6,10,18-20H2,(H,46,47);1H/b14-7+,15-13+,27-16+,28-12+;/t26?,31-;/m0./s1. The van der Waals surface area contributed by atoms with Crippen LogP contribution in [0, 0.1) is 5.92 Å². The Bertz CT molecular complexity index is 1570. The van der Waals surface area contributed by atoms with Gasteiger partial charge in [0.2, 0.25) is 5.91 Å². The van der Waals surface area contributed by atoms with Gasteiger partial charge in [-0.15, -0.1) is 0 Å². The fourth-order valence-electron chi connectivity index (χ4n) is 4.42. The van der Waals surface area contributed by atoms with Crippen molar-refractivity contribution in [1.29, 1.82) is 0 Å². The molecule has 1 saturated carbocycles. The van der Waals surface area contributed by atoms with Crippen molar-refractivity contribution in [3.63, 3.8) is 0 Å². The maximum absolute atomic E-state index is 14.9. The Hall–Kier alpha value is -4.63. The molecule has 3 rings (SSSR count). The SMILES string of the molecule is C=C(OCC1CC1(F)F)/C(F)=C\C=C\[C@@](Cc1ccccc1)(NC(=O)C1=CC(C(F)(F)F)=CCC1)C(=C)/C=C(F)\C=C\OC(F)(F)C(F)F.F.